The maximum atomic E-state index is 11.6. The number of non-ortho nitro benzene ring substituents is 1. The first-order valence-corrected chi connectivity index (χ1v) is 6.95. The second-order valence-corrected chi connectivity index (χ2v) is 5.22. The van der Waals surface area contributed by atoms with Crippen molar-refractivity contribution in [3.05, 3.63) is 57.6 Å². The summed E-state index contributed by atoms with van der Waals surface area (Å²) in [7, 11) is 1.56. The Hall–Kier alpha value is -3.15. The van der Waals surface area contributed by atoms with Crippen LogP contribution in [0.3, 0.4) is 0 Å². The van der Waals surface area contributed by atoms with Gasteiger partial charge in [0.2, 0.25) is 0 Å². The van der Waals surface area contributed by atoms with Crippen LogP contribution in [0.4, 0.5) is 5.69 Å². The number of nitrogens with one attached hydrogen (secondary N) is 1. The van der Waals surface area contributed by atoms with E-state index in [0.717, 1.165) is 11.1 Å². The van der Waals surface area contributed by atoms with Crippen molar-refractivity contribution in [1.82, 2.24) is 4.98 Å². The summed E-state index contributed by atoms with van der Waals surface area (Å²) < 4.78 is 5.37. The molecule has 3 rings (SSSR count). The maximum Gasteiger partial charge on any atom is 0.270 e. The van der Waals surface area contributed by atoms with Gasteiger partial charge in [-0.05, 0) is 25.1 Å². The molecule has 0 spiro atoms. The molecule has 0 saturated carbocycles. The molecular weight excluding hydrogens is 296 g/mol. The van der Waals surface area contributed by atoms with Gasteiger partial charge < -0.3 is 9.72 Å². The van der Waals surface area contributed by atoms with E-state index < -0.39 is 4.92 Å². The average Bonchev–Trinajstić information content (AvgIpc) is 2.92. The molecule has 3 aromatic rings. The first-order chi connectivity index (χ1) is 11.0. The van der Waals surface area contributed by atoms with E-state index in [1.165, 1.54) is 12.1 Å². The summed E-state index contributed by atoms with van der Waals surface area (Å²) in [5.41, 5.74) is 3.35. The zero-order valence-electron chi connectivity index (χ0n) is 12.6. The summed E-state index contributed by atoms with van der Waals surface area (Å²) >= 11 is 0. The van der Waals surface area contributed by atoms with Crippen LogP contribution in [-0.2, 0) is 0 Å². The Kier molecular flexibility index (Phi) is 3.57. The van der Waals surface area contributed by atoms with Crippen LogP contribution in [0.1, 0.15) is 15.9 Å². The third-order valence-electron chi connectivity index (χ3n) is 3.78. The van der Waals surface area contributed by atoms with Crippen molar-refractivity contribution in [3.8, 4) is 17.0 Å². The Morgan fingerprint density at radius 2 is 2.00 bits per heavy atom. The molecule has 0 radical (unpaired) electrons. The maximum absolute atomic E-state index is 11.6. The topological polar surface area (TPSA) is 85.2 Å². The van der Waals surface area contributed by atoms with E-state index in [-0.39, 0.29) is 5.69 Å². The lowest BCUT2D eigenvalue weighted by Gasteiger charge is -2.08. The van der Waals surface area contributed by atoms with E-state index in [1.807, 2.05) is 25.1 Å². The summed E-state index contributed by atoms with van der Waals surface area (Å²) in [5, 5.41) is 11.5. The van der Waals surface area contributed by atoms with Crippen LogP contribution in [0.25, 0.3) is 22.2 Å². The number of ether oxygens (including phenoxy) is 1. The number of aromatic amines is 1. The quantitative estimate of drug-likeness (QED) is 0.450. The van der Waals surface area contributed by atoms with Crippen molar-refractivity contribution in [2.45, 2.75) is 6.92 Å². The van der Waals surface area contributed by atoms with Crippen LogP contribution in [-0.4, -0.2) is 23.3 Å². The molecular formula is C17H14N2O4. The van der Waals surface area contributed by atoms with Gasteiger partial charge in [-0.1, -0.05) is 11.6 Å². The molecule has 2 aromatic carbocycles. The number of H-pyrrole nitrogens is 1. The second-order valence-electron chi connectivity index (χ2n) is 5.22. The highest BCUT2D eigenvalue weighted by Gasteiger charge is 2.18. The molecule has 6 nitrogen and oxygen atoms in total. The number of aromatic nitrogens is 1. The van der Waals surface area contributed by atoms with Gasteiger partial charge in [-0.2, -0.15) is 0 Å². The van der Waals surface area contributed by atoms with Crippen molar-refractivity contribution in [1.29, 1.82) is 0 Å². The number of carbonyl (C=O) groups excluding carboxylic acids is 1. The van der Waals surface area contributed by atoms with E-state index >= 15 is 0 Å². The first-order valence-electron chi connectivity index (χ1n) is 6.95. The smallest absolute Gasteiger partial charge is 0.270 e. The van der Waals surface area contributed by atoms with Crippen molar-refractivity contribution in [3.63, 3.8) is 0 Å². The lowest BCUT2D eigenvalue weighted by molar-refractivity contribution is -0.384. The van der Waals surface area contributed by atoms with Crippen LogP contribution in [0, 0.1) is 17.0 Å². The Balaban J connectivity index is 2.32. The number of nitro groups is 1. The molecule has 23 heavy (non-hydrogen) atoms. The molecule has 1 N–H and O–H groups in total. The van der Waals surface area contributed by atoms with Gasteiger partial charge in [0.25, 0.3) is 5.69 Å². The fourth-order valence-corrected chi connectivity index (χ4v) is 2.67. The van der Waals surface area contributed by atoms with Gasteiger partial charge in [-0.3, -0.25) is 14.9 Å². The highest BCUT2D eigenvalue weighted by molar-refractivity contribution is 6.05. The summed E-state index contributed by atoms with van der Waals surface area (Å²) in [6, 6.07) is 10.1. The van der Waals surface area contributed by atoms with Gasteiger partial charge >= 0.3 is 0 Å². The Morgan fingerprint density at radius 1 is 1.22 bits per heavy atom. The second kappa shape index (κ2) is 5.57. The van der Waals surface area contributed by atoms with Gasteiger partial charge in [0.05, 0.1) is 17.7 Å². The predicted octanol–water partition coefficient (Wildman–Crippen LogP) is 3.87. The number of nitrogens with zero attached hydrogens (tertiary/aromatic N) is 1. The van der Waals surface area contributed by atoms with Crippen LogP contribution in [0.5, 0.6) is 5.75 Å². The SMILES string of the molecule is COc1ccc(C)cc1-c1[nH]c2ccc([N+](=O)[O-])cc2c1C=O. The summed E-state index contributed by atoms with van der Waals surface area (Å²) in [6.45, 7) is 1.94. The Labute approximate surface area is 131 Å². The first kappa shape index (κ1) is 14.8. The van der Waals surface area contributed by atoms with Crippen molar-refractivity contribution >= 4 is 22.9 Å². The minimum absolute atomic E-state index is 0.0534. The molecule has 1 aromatic heterocycles. The largest absolute Gasteiger partial charge is 0.496 e. The van der Waals surface area contributed by atoms with Crippen molar-refractivity contribution in [2.24, 2.45) is 0 Å². The van der Waals surface area contributed by atoms with E-state index in [1.54, 1.807) is 13.2 Å². The number of carbonyl (C=O) groups is 1. The number of aryl methyl sites for hydroxylation is 1. The minimum Gasteiger partial charge on any atom is -0.496 e. The number of hydrogen-bond acceptors (Lipinski definition) is 4. The molecule has 0 aliphatic carbocycles. The molecule has 0 fully saturated rings. The molecule has 1 heterocycles. The zero-order valence-corrected chi connectivity index (χ0v) is 12.6. The fourth-order valence-electron chi connectivity index (χ4n) is 2.67. The molecule has 0 atom stereocenters. The summed E-state index contributed by atoms with van der Waals surface area (Å²) in [4.78, 5) is 25.3. The number of rotatable bonds is 4. The molecule has 6 heteroatoms. The lowest BCUT2D eigenvalue weighted by atomic mass is 10.0. The number of aldehydes is 1. The lowest BCUT2D eigenvalue weighted by Crippen LogP contribution is -1.92. The number of methoxy groups -OCH3 is 1. The highest BCUT2D eigenvalue weighted by Crippen LogP contribution is 2.36. The molecule has 0 saturated heterocycles. The minimum atomic E-state index is -0.478. The normalized spacial score (nSPS) is 10.7. The monoisotopic (exact) mass is 310 g/mol. The Bertz CT molecular complexity index is 928. The van der Waals surface area contributed by atoms with E-state index in [2.05, 4.69) is 4.98 Å². The van der Waals surface area contributed by atoms with Crippen LogP contribution < -0.4 is 4.74 Å². The van der Waals surface area contributed by atoms with Crippen LogP contribution in [0.2, 0.25) is 0 Å². The van der Waals surface area contributed by atoms with Crippen LogP contribution >= 0.6 is 0 Å². The van der Waals surface area contributed by atoms with Crippen molar-refractivity contribution in [2.75, 3.05) is 7.11 Å². The van der Waals surface area contributed by atoms with E-state index in [0.29, 0.717) is 34.2 Å². The predicted molar refractivity (Wildman–Crippen MR) is 87.1 cm³/mol. The van der Waals surface area contributed by atoms with Crippen LogP contribution in [0.15, 0.2) is 36.4 Å². The molecule has 0 amide bonds. The van der Waals surface area contributed by atoms with E-state index in [9.17, 15) is 14.9 Å². The third-order valence-corrected chi connectivity index (χ3v) is 3.78. The number of benzene rings is 2. The molecule has 0 aliphatic heterocycles. The molecule has 0 bridgehead atoms. The summed E-state index contributed by atoms with van der Waals surface area (Å²) in [6.07, 6.45) is 0.708. The van der Waals surface area contributed by atoms with Gasteiger partial charge in [0.1, 0.15) is 5.75 Å². The zero-order chi connectivity index (χ0) is 16.6. The van der Waals surface area contributed by atoms with Gasteiger partial charge in [0.15, 0.2) is 6.29 Å². The Morgan fingerprint density at radius 3 is 2.65 bits per heavy atom. The molecule has 0 aliphatic rings. The average molecular weight is 310 g/mol. The fraction of sp³-hybridized carbons (Fsp3) is 0.118. The van der Waals surface area contributed by atoms with Gasteiger partial charge in [0, 0.05) is 34.2 Å². The van der Waals surface area contributed by atoms with Crippen molar-refractivity contribution < 1.29 is 14.5 Å². The van der Waals surface area contributed by atoms with E-state index in [4.69, 9.17) is 4.74 Å². The summed E-state index contributed by atoms with van der Waals surface area (Å²) in [5.74, 6) is 0.625. The molecule has 0 unspecified atom stereocenters. The number of hydrogen-bond donors (Lipinski definition) is 1. The highest BCUT2D eigenvalue weighted by atomic mass is 16.6. The number of fused-ring (bicyclic) bond motifs is 1. The standard InChI is InChI=1S/C17H14N2O4/c1-10-3-6-16(23-2)13(7-10)17-14(9-20)12-8-11(19(21)22)4-5-15(12)18-17/h3-9,18H,1-2H3. The van der Waals surface area contributed by atoms with Gasteiger partial charge in [-0.25, -0.2) is 0 Å². The molecule has 116 valence electrons. The van der Waals surface area contributed by atoms with Gasteiger partial charge in [-0.15, -0.1) is 0 Å². The third kappa shape index (κ3) is 2.44. The number of nitro benzene ring substituents is 1.